The Balaban J connectivity index is 3.17. The van der Waals surface area contributed by atoms with Crippen LogP contribution in [-0.4, -0.2) is 12.6 Å². The maximum atomic E-state index is 10.3. The molecule has 3 heteroatoms. The van der Waals surface area contributed by atoms with Crippen LogP contribution in [0.4, 0.5) is 4.79 Å². The lowest BCUT2D eigenvalue weighted by atomic mass is 9.90. The fraction of sp³-hybridized carbons (Fsp3) is 0.889. The van der Waals surface area contributed by atoms with Crippen LogP contribution in [0.25, 0.3) is 0 Å². The third-order valence-corrected chi connectivity index (χ3v) is 1.65. The van der Waals surface area contributed by atoms with E-state index in [-0.39, 0.29) is 0 Å². The predicted molar refractivity (Wildman–Crippen MR) is 50.9 cm³/mol. The molecule has 0 spiro atoms. The van der Waals surface area contributed by atoms with E-state index in [0.29, 0.717) is 12.0 Å². The van der Waals surface area contributed by atoms with Gasteiger partial charge in [0.05, 0.1) is 0 Å². The summed E-state index contributed by atoms with van der Waals surface area (Å²) < 4.78 is 0. The van der Waals surface area contributed by atoms with Gasteiger partial charge in [-0.1, -0.05) is 27.2 Å². The second kappa shape index (κ2) is 5.01. The van der Waals surface area contributed by atoms with Gasteiger partial charge in [-0.05, 0) is 18.3 Å². The molecular weight excluding hydrogens is 152 g/mol. The zero-order valence-electron chi connectivity index (χ0n) is 8.31. The van der Waals surface area contributed by atoms with E-state index in [2.05, 4.69) is 26.1 Å². The lowest BCUT2D eigenvalue weighted by Gasteiger charge is -2.17. The number of urea groups is 1. The minimum Gasteiger partial charge on any atom is -0.352 e. The van der Waals surface area contributed by atoms with Crippen LogP contribution in [-0.2, 0) is 0 Å². The van der Waals surface area contributed by atoms with E-state index in [9.17, 15) is 4.79 Å². The topological polar surface area (TPSA) is 55.1 Å². The molecule has 12 heavy (non-hydrogen) atoms. The molecule has 3 nitrogen and oxygen atoms in total. The standard InChI is InChI=1S/C9H20N2O/c1-9(2,3)6-4-5-7-11-8(10)12/h4-7H2,1-3H3,(H3,10,11,12). The van der Waals surface area contributed by atoms with E-state index in [1.807, 2.05) is 0 Å². The molecule has 0 fully saturated rings. The third-order valence-electron chi connectivity index (χ3n) is 1.65. The van der Waals surface area contributed by atoms with Crippen LogP contribution < -0.4 is 11.1 Å². The third kappa shape index (κ3) is 9.27. The van der Waals surface area contributed by atoms with E-state index in [1.165, 1.54) is 6.42 Å². The minimum absolute atomic E-state index is 0.396. The van der Waals surface area contributed by atoms with Crippen LogP contribution in [0.1, 0.15) is 40.0 Å². The molecule has 0 bridgehead atoms. The van der Waals surface area contributed by atoms with Crippen LogP contribution >= 0.6 is 0 Å². The summed E-state index contributed by atoms with van der Waals surface area (Å²) in [7, 11) is 0. The number of primary amides is 1. The summed E-state index contributed by atoms with van der Waals surface area (Å²) in [6.45, 7) is 7.35. The molecule has 0 rings (SSSR count). The van der Waals surface area contributed by atoms with Crippen LogP contribution in [0.2, 0.25) is 0 Å². The molecule has 0 saturated carbocycles. The Hall–Kier alpha value is -0.730. The maximum Gasteiger partial charge on any atom is 0.312 e. The van der Waals surface area contributed by atoms with Gasteiger partial charge in [0.1, 0.15) is 0 Å². The number of hydrogen-bond donors (Lipinski definition) is 2. The molecular formula is C9H20N2O. The molecule has 0 heterocycles. The van der Waals surface area contributed by atoms with Gasteiger partial charge < -0.3 is 11.1 Å². The number of rotatable bonds is 4. The van der Waals surface area contributed by atoms with Crippen LogP contribution in [0, 0.1) is 5.41 Å². The maximum absolute atomic E-state index is 10.3. The van der Waals surface area contributed by atoms with Crippen molar-refractivity contribution >= 4 is 6.03 Å². The largest absolute Gasteiger partial charge is 0.352 e. The summed E-state index contributed by atoms with van der Waals surface area (Å²) in [5.41, 5.74) is 5.31. The Morgan fingerprint density at radius 1 is 1.33 bits per heavy atom. The van der Waals surface area contributed by atoms with Crippen molar-refractivity contribution in [3.8, 4) is 0 Å². The van der Waals surface area contributed by atoms with Crippen molar-refractivity contribution in [1.29, 1.82) is 0 Å². The Labute approximate surface area is 74.7 Å². The molecule has 0 aromatic heterocycles. The number of amides is 2. The second-order valence-corrected chi connectivity index (χ2v) is 4.31. The first-order valence-electron chi connectivity index (χ1n) is 4.45. The highest BCUT2D eigenvalue weighted by atomic mass is 16.2. The van der Waals surface area contributed by atoms with E-state index >= 15 is 0 Å². The second-order valence-electron chi connectivity index (χ2n) is 4.31. The first kappa shape index (κ1) is 11.3. The fourth-order valence-corrected chi connectivity index (χ4v) is 0.992. The van der Waals surface area contributed by atoms with E-state index in [4.69, 9.17) is 5.73 Å². The van der Waals surface area contributed by atoms with Crippen molar-refractivity contribution in [1.82, 2.24) is 5.32 Å². The van der Waals surface area contributed by atoms with Crippen molar-refractivity contribution in [2.24, 2.45) is 11.1 Å². The highest BCUT2D eigenvalue weighted by Gasteiger charge is 2.08. The number of nitrogens with one attached hydrogen (secondary N) is 1. The van der Waals surface area contributed by atoms with Gasteiger partial charge in [-0.25, -0.2) is 4.79 Å². The number of unbranched alkanes of at least 4 members (excludes halogenated alkanes) is 1. The minimum atomic E-state index is -0.425. The Kier molecular flexibility index (Phi) is 4.71. The number of nitrogens with two attached hydrogens (primary N) is 1. The number of carbonyl (C=O) groups excluding carboxylic acids is 1. The Bertz CT molecular complexity index is 138. The van der Waals surface area contributed by atoms with Crippen molar-refractivity contribution < 1.29 is 4.79 Å². The molecule has 2 amide bonds. The number of hydrogen-bond acceptors (Lipinski definition) is 1. The molecule has 0 aliphatic rings. The molecule has 0 aromatic rings. The molecule has 0 radical (unpaired) electrons. The monoisotopic (exact) mass is 172 g/mol. The summed E-state index contributed by atoms with van der Waals surface area (Å²) in [6, 6.07) is -0.425. The molecule has 0 aliphatic heterocycles. The van der Waals surface area contributed by atoms with E-state index in [0.717, 1.165) is 12.8 Å². The highest BCUT2D eigenvalue weighted by Crippen LogP contribution is 2.20. The molecule has 0 atom stereocenters. The molecule has 72 valence electrons. The number of carbonyl (C=O) groups is 1. The summed E-state index contributed by atoms with van der Waals surface area (Å²) in [5.74, 6) is 0. The predicted octanol–water partition coefficient (Wildman–Crippen LogP) is 1.87. The van der Waals surface area contributed by atoms with Gasteiger partial charge in [0.2, 0.25) is 0 Å². The van der Waals surface area contributed by atoms with Crippen LogP contribution in [0.3, 0.4) is 0 Å². The lowest BCUT2D eigenvalue weighted by molar-refractivity contribution is 0.248. The first-order chi connectivity index (χ1) is 5.42. The van der Waals surface area contributed by atoms with E-state index < -0.39 is 6.03 Å². The summed E-state index contributed by atoms with van der Waals surface area (Å²) in [4.78, 5) is 10.3. The van der Waals surface area contributed by atoms with Crippen molar-refractivity contribution in [2.75, 3.05) is 6.54 Å². The average Bonchev–Trinajstić information content (AvgIpc) is 1.83. The highest BCUT2D eigenvalue weighted by molar-refractivity contribution is 5.71. The van der Waals surface area contributed by atoms with Crippen LogP contribution in [0.5, 0.6) is 0 Å². The van der Waals surface area contributed by atoms with Crippen molar-refractivity contribution in [2.45, 2.75) is 40.0 Å². The van der Waals surface area contributed by atoms with Gasteiger partial charge in [0, 0.05) is 6.54 Å². The van der Waals surface area contributed by atoms with Gasteiger partial charge in [0.25, 0.3) is 0 Å². The van der Waals surface area contributed by atoms with Crippen molar-refractivity contribution in [3.05, 3.63) is 0 Å². The van der Waals surface area contributed by atoms with Crippen LogP contribution in [0.15, 0.2) is 0 Å². The van der Waals surface area contributed by atoms with Crippen molar-refractivity contribution in [3.63, 3.8) is 0 Å². The molecule has 0 aliphatic carbocycles. The quantitative estimate of drug-likeness (QED) is 0.625. The van der Waals surface area contributed by atoms with Gasteiger partial charge in [-0.2, -0.15) is 0 Å². The normalized spacial score (nSPS) is 11.2. The Morgan fingerprint density at radius 3 is 2.33 bits per heavy atom. The lowest BCUT2D eigenvalue weighted by Crippen LogP contribution is -2.30. The SMILES string of the molecule is CC(C)(C)CCCCNC(N)=O. The summed E-state index contributed by atoms with van der Waals surface area (Å²) >= 11 is 0. The molecule has 3 N–H and O–H groups in total. The van der Waals surface area contributed by atoms with E-state index in [1.54, 1.807) is 0 Å². The average molecular weight is 172 g/mol. The molecule has 0 saturated heterocycles. The Morgan fingerprint density at radius 2 is 1.92 bits per heavy atom. The summed E-state index contributed by atoms with van der Waals surface area (Å²) in [6.07, 6.45) is 3.34. The zero-order valence-corrected chi connectivity index (χ0v) is 8.31. The molecule has 0 unspecified atom stereocenters. The van der Waals surface area contributed by atoms with Gasteiger partial charge in [0.15, 0.2) is 0 Å². The zero-order chi connectivity index (χ0) is 9.61. The first-order valence-corrected chi connectivity index (χ1v) is 4.45. The molecule has 0 aromatic carbocycles. The fourth-order valence-electron chi connectivity index (χ4n) is 0.992. The summed E-state index contributed by atoms with van der Waals surface area (Å²) in [5, 5.41) is 2.57. The van der Waals surface area contributed by atoms with Gasteiger partial charge in [-0.3, -0.25) is 0 Å². The van der Waals surface area contributed by atoms with Gasteiger partial charge >= 0.3 is 6.03 Å². The smallest absolute Gasteiger partial charge is 0.312 e. The van der Waals surface area contributed by atoms with Gasteiger partial charge in [-0.15, -0.1) is 0 Å².